The van der Waals surface area contributed by atoms with Crippen LogP contribution in [0.4, 0.5) is 5.95 Å². The highest BCUT2D eigenvalue weighted by Gasteiger charge is 2.13. The molecule has 3 aromatic rings. The fourth-order valence-electron chi connectivity index (χ4n) is 2.33. The van der Waals surface area contributed by atoms with Gasteiger partial charge in [0.05, 0.1) is 24.7 Å². The SMILES string of the molecule is COc1cccc(Cl)c1Cn1c(N)nc2cc(I)ccc21. The summed E-state index contributed by atoms with van der Waals surface area (Å²) in [5.74, 6) is 1.21. The Bertz CT molecular complexity index is 816. The number of rotatable bonds is 3. The molecule has 0 saturated carbocycles. The van der Waals surface area contributed by atoms with Gasteiger partial charge in [0.2, 0.25) is 5.95 Å². The van der Waals surface area contributed by atoms with Gasteiger partial charge in [0.15, 0.2) is 0 Å². The first-order chi connectivity index (χ1) is 10.1. The number of ether oxygens (including phenoxy) is 1. The predicted octanol–water partition coefficient (Wildman–Crippen LogP) is 3.93. The summed E-state index contributed by atoms with van der Waals surface area (Å²) in [4.78, 5) is 4.41. The summed E-state index contributed by atoms with van der Waals surface area (Å²) in [6.45, 7) is 0.520. The number of imidazole rings is 1. The highest BCUT2D eigenvalue weighted by molar-refractivity contribution is 14.1. The average Bonchev–Trinajstić information content (AvgIpc) is 2.76. The summed E-state index contributed by atoms with van der Waals surface area (Å²) in [6, 6.07) is 11.7. The van der Waals surface area contributed by atoms with Crippen molar-refractivity contribution in [2.75, 3.05) is 12.8 Å². The maximum absolute atomic E-state index is 6.30. The van der Waals surface area contributed by atoms with Gasteiger partial charge in [0.1, 0.15) is 5.75 Å². The van der Waals surface area contributed by atoms with Gasteiger partial charge in [0.25, 0.3) is 0 Å². The van der Waals surface area contributed by atoms with Crippen LogP contribution in [0.1, 0.15) is 5.56 Å². The van der Waals surface area contributed by atoms with E-state index in [9.17, 15) is 0 Å². The van der Waals surface area contributed by atoms with Gasteiger partial charge in [-0.15, -0.1) is 0 Å². The normalized spacial score (nSPS) is 11.0. The van der Waals surface area contributed by atoms with Crippen LogP contribution in [0.2, 0.25) is 5.02 Å². The van der Waals surface area contributed by atoms with Gasteiger partial charge in [-0.25, -0.2) is 4.98 Å². The minimum Gasteiger partial charge on any atom is -0.496 e. The van der Waals surface area contributed by atoms with Crippen LogP contribution < -0.4 is 10.5 Å². The maximum atomic E-state index is 6.30. The van der Waals surface area contributed by atoms with Crippen LogP contribution in [0.15, 0.2) is 36.4 Å². The minimum atomic E-state index is 0.467. The van der Waals surface area contributed by atoms with E-state index in [0.29, 0.717) is 17.5 Å². The molecule has 1 aromatic heterocycles. The first-order valence-electron chi connectivity index (χ1n) is 6.33. The van der Waals surface area contributed by atoms with E-state index >= 15 is 0 Å². The molecule has 0 radical (unpaired) electrons. The Balaban J connectivity index is 2.12. The first kappa shape index (κ1) is 14.5. The lowest BCUT2D eigenvalue weighted by Crippen LogP contribution is -2.06. The fourth-order valence-corrected chi connectivity index (χ4v) is 3.03. The molecule has 0 fully saturated rings. The molecule has 3 rings (SSSR count). The van der Waals surface area contributed by atoms with Gasteiger partial charge in [-0.1, -0.05) is 17.7 Å². The second-order valence-electron chi connectivity index (χ2n) is 4.61. The molecule has 2 N–H and O–H groups in total. The number of hydrogen-bond donors (Lipinski definition) is 1. The molecule has 1 heterocycles. The number of benzene rings is 2. The Morgan fingerprint density at radius 1 is 1.33 bits per heavy atom. The Hall–Kier alpha value is -1.47. The summed E-state index contributed by atoms with van der Waals surface area (Å²) in [5.41, 5.74) is 8.81. The molecular formula is C15H13ClIN3O. The standard InChI is InChI=1S/C15H13ClIN3O/c1-21-14-4-2-3-11(16)10(14)8-20-13-6-5-9(17)7-12(13)19-15(20)18/h2-7H,8H2,1H3,(H2,18,19). The topological polar surface area (TPSA) is 53.1 Å². The van der Waals surface area contributed by atoms with Crippen LogP contribution in [0.5, 0.6) is 5.75 Å². The minimum absolute atomic E-state index is 0.467. The van der Waals surface area contributed by atoms with E-state index in [2.05, 4.69) is 27.6 Å². The number of nitrogens with two attached hydrogens (primary N) is 1. The lowest BCUT2D eigenvalue weighted by molar-refractivity contribution is 0.409. The van der Waals surface area contributed by atoms with Crippen molar-refractivity contribution >= 4 is 51.2 Å². The zero-order valence-electron chi connectivity index (χ0n) is 11.3. The van der Waals surface area contributed by atoms with Crippen LogP contribution in [0.3, 0.4) is 0 Å². The number of aromatic nitrogens is 2. The van der Waals surface area contributed by atoms with E-state index in [1.54, 1.807) is 7.11 Å². The number of nitrogen functional groups attached to an aromatic ring is 1. The van der Waals surface area contributed by atoms with E-state index in [0.717, 1.165) is 25.9 Å². The fraction of sp³-hybridized carbons (Fsp3) is 0.133. The first-order valence-corrected chi connectivity index (χ1v) is 7.78. The number of hydrogen-bond acceptors (Lipinski definition) is 3. The summed E-state index contributed by atoms with van der Waals surface area (Å²) in [5, 5.41) is 0.654. The van der Waals surface area contributed by atoms with Crippen molar-refractivity contribution in [1.82, 2.24) is 9.55 Å². The van der Waals surface area contributed by atoms with Crippen molar-refractivity contribution < 1.29 is 4.74 Å². The molecule has 0 aliphatic carbocycles. The van der Waals surface area contributed by atoms with Crippen molar-refractivity contribution in [2.24, 2.45) is 0 Å². The number of nitrogens with zero attached hydrogens (tertiary/aromatic N) is 2. The van der Waals surface area contributed by atoms with Gasteiger partial charge in [-0.05, 0) is 52.9 Å². The number of halogens is 2. The predicted molar refractivity (Wildman–Crippen MR) is 94.0 cm³/mol. The average molecular weight is 414 g/mol. The molecule has 4 nitrogen and oxygen atoms in total. The van der Waals surface area contributed by atoms with Crippen molar-refractivity contribution in [3.63, 3.8) is 0 Å². The van der Waals surface area contributed by atoms with Crippen LogP contribution in [-0.4, -0.2) is 16.7 Å². The second-order valence-corrected chi connectivity index (χ2v) is 6.26. The molecule has 2 aromatic carbocycles. The number of fused-ring (bicyclic) bond motifs is 1. The molecule has 0 aliphatic rings. The third-order valence-corrected chi connectivity index (χ3v) is 4.38. The van der Waals surface area contributed by atoms with Crippen molar-refractivity contribution in [1.29, 1.82) is 0 Å². The maximum Gasteiger partial charge on any atom is 0.201 e. The molecule has 0 atom stereocenters. The third kappa shape index (κ3) is 2.67. The van der Waals surface area contributed by atoms with E-state index in [4.69, 9.17) is 22.1 Å². The molecule has 0 saturated heterocycles. The highest BCUT2D eigenvalue weighted by Crippen LogP contribution is 2.29. The molecule has 0 amide bonds. The molecular weight excluding hydrogens is 401 g/mol. The van der Waals surface area contributed by atoms with Gasteiger partial charge < -0.3 is 15.0 Å². The van der Waals surface area contributed by atoms with Crippen LogP contribution in [0, 0.1) is 3.57 Å². The third-order valence-electron chi connectivity index (χ3n) is 3.35. The van der Waals surface area contributed by atoms with Crippen LogP contribution in [0.25, 0.3) is 11.0 Å². The van der Waals surface area contributed by atoms with Crippen molar-refractivity contribution in [2.45, 2.75) is 6.54 Å². The number of anilines is 1. The Kier molecular flexibility index (Phi) is 3.95. The van der Waals surface area contributed by atoms with E-state index in [-0.39, 0.29) is 0 Å². The summed E-state index contributed by atoms with van der Waals surface area (Å²) < 4.78 is 8.45. The summed E-state index contributed by atoms with van der Waals surface area (Å²) in [6.07, 6.45) is 0. The van der Waals surface area contributed by atoms with Gasteiger partial charge >= 0.3 is 0 Å². The molecule has 0 spiro atoms. The Labute approximate surface area is 141 Å². The van der Waals surface area contributed by atoms with E-state index < -0.39 is 0 Å². The Morgan fingerprint density at radius 2 is 2.14 bits per heavy atom. The van der Waals surface area contributed by atoms with Gasteiger partial charge in [-0.2, -0.15) is 0 Å². The molecule has 6 heteroatoms. The highest BCUT2D eigenvalue weighted by atomic mass is 127. The van der Waals surface area contributed by atoms with Crippen molar-refractivity contribution in [3.8, 4) is 5.75 Å². The van der Waals surface area contributed by atoms with E-state index in [1.165, 1.54) is 0 Å². The van der Waals surface area contributed by atoms with Crippen LogP contribution in [-0.2, 0) is 6.54 Å². The molecule has 0 unspecified atom stereocenters. The lowest BCUT2D eigenvalue weighted by atomic mass is 10.2. The summed E-state index contributed by atoms with van der Waals surface area (Å²) in [7, 11) is 1.63. The van der Waals surface area contributed by atoms with E-state index in [1.807, 2.05) is 41.0 Å². The molecule has 0 bridgehead atoms. The zero-order valence-corrected chi connectivity index (χ0v) is 14.2. The zero-order chi connectivity index (χ0) is 15.0. The smallest absolute Gasteiger partial charge is 0.201 e. The lowest BCUT2D eigenvalue weighted by Gasteiger charge is -2.12. The quantitative estimate of drug-likeness (QED) is 0.662. The van der Waals surface area contributed by atoms with Crippen LogP contribution >= 0.6 is 34.2 Å². The van der Waals surface area contributed by atoms with Gasteiger partial charge in [0, 0.05) is 14.2 Å². The molecule has 0 aliphatic heterocycles. The molecule has 21 heavy (non-hydrogen) atoms. The molecule has 108 valence electrons. The van der Waals surface area contributed by atoms with Gasteiger partial charge in [-0.3, -0.25) is 0 Å². The Morgan fingerprint density at radius 3 is 2.90 bits per heavy atom. The van der Waals surface area contributed by atoms with Crippen molar-refractivity contribution in [3.05, 3.63) is 50.6 Å². The largest absolute Gasteiger partial charge is 0.496 e. The number of methoxy groups -OCH3 is 1. The monoisotopic (exact) mass is 413 g/mol. The summed E-state index contributed by atoms with van der Waals surface area (Å²) >= 11 is 8.56. The second kappa shape index (κ2) is 5.73.